The van der Waals surface area contributed by atoms with Crippen LogP contribution >= 0.6 is 0 Å². The van der Waals surface area contributed by atoms with E-state index in [0.29, 0.717) is 62.0 Å². The van der Waals surface area contributed by atoms with Gasteiger partial charge in [0.2, 0.25) is 0 Å². The molecule has 6 nitrogen and oxygen atoms in total. The number of aromatic nitrogens is 1. The molecule has 2 heterocycles. The second-order valence-electron chi connectivity index (χ2n) is 7.74. The van der Waals surface area contributed by atoms with Gasteiger partial charge in [-0.05, 0) is 29.8 Å². The van der Waals surface area contributed by atoms with Crippen LogP contribution in [0.15, 0.2) is 42.5 Å². The molecule has 1 fully saturated rings. The summed E-state index contributed by atoms with van der Waals surface area (Å²) in [7, 11) is 3.20. The van der Waals surface area contributed by atoms with Crippen molar-refractivity contribution in [1.82, 2.24) is 10.3 Å². The van der Waals surface area contributed by atoms with E-state index < -0.39 is 11.7 Å². The van der Waals surface area contributed by atoms with Crippen LogP contribution in [0.2, 0.25) is 0 Å². The molecule has 1 N–H and O–H groups in total. The number of halogens is 3. The third kappa shape index (κ3) is 5.15. The van der Waals surface area contributed by atoms with Crippen LogP contribution in [0.25, 0.3) is 10.9 Å². The van der Waals surface area contributed by atoms with Crippen molar-refractivity contribution in [2.24, 2.45) is 0 Å². The molecule has 3 aromatic rings. The number of ether oxygens (including phenoxy) is 3. The third-order valence-electron chi connectivity index (χ3n) is 5.61. The van der Waals surface area contributed by atoms with Gasteiger partial charge in [0.05, 0.1) is 33.0 Å². The summed E-state index contributed by atoms with van der Waals surface area (Å²) in [6, 6.07) is 11.0. The number of methoxy groups -OCH3 is 2. The van der Waals surface area contributed by atoms with Crippen molar-refractivity contribution in [1.29, 1.82) is 0 Å². The Morgan fingerprint density at radius 1 is 1.00 bits per heavy atom. The van der Waals surface area contributed by atoms with Crippen molar-refractivity contribution < 1.29 is 27.4 Å². The lowest BCUT2D eigenvalue weighted by Gasteiger charge is -2.30. The van der Waals surface area contributed by atoms with E-state index in [1.54, 1.807) is 20.3 Å². The lowest BCUT2D eigenvalue weighted by molar-refractivity contribution is -0.137. The maximum absolute atomic E-state index is 13.0. The SMILES string of the molecule is COc1ccc(OC)c2nc(N3CCOCC3)c(CNCc3cccc(C(F)(F)F)c3)cc12. The van der Waals surface area contributed by atoms with Gasteiger partial charge < -0.3 is 24.4 Å². The largest absolute Gasteiger partial charge is 0.496 e. The van der Waals surface area contributed by atoms with Gasteiger partial charge in [-0.3, -0.25) is 0 Å². The zero-order chi connectivity index (χ0) is 23.4. The summed E-state index contributed by atoms with van der Waals surface area (Å²) in [5.41, 5.74) is 1.52. The summed E-state index contributed by atoms with van der Waals surface area (Å²) in [6.07, 6.45) is -4.36. The van der Waals surface area contributed by atoms with Gasteiger partial charge in [-0.2, -0.15) is 13.2 Å². The van der Waals surface area contributed by atoms with Gasteiger partial charge in [-0.1, -0.05) is 18.2 Å². The standard InChI is InChI=1S/C24H26F3N3O3/c1-31-20-6-7-21(32-2)22-19(20)13-17(23(29-22)30-8-10-33-11-9-30)15-28-14-16-4-3-5-18(12-16)24(25,26)27/h3-7,12-13,28H,8-11,14-15H2,1-2H3. The van der Waals surface area contributed by atoms with E-state index in [0.717, 1.165) is 22.8 Å². The van der Waals surface area contributed by atoms with Crippen molar-refractivity contribution in [3.05, 3.63) is 59.2 Å². The van der Waals surface area contributed by atoms with E-state index in [1.165, 1.54) is 12.1 Å². The zero-order valence-electron chi connectivity index (χ0n) is 18.5. The molecule has 2 aromatic carbocycles. The summed E-state index contributed by atoms with van der Waals surface area (Å²) >= 11 is 0. The molecule has 0 unspecified atom stereocenters. The van der Waals surface area contributed by atoms with Crippen molar-refractivity contribution in [2.75, 3.05) is 45.4 Å². The average molecular weight is 461 g/mol. The van der Waals surface area contributed by atoms with Gasteiger partial charge in [-0.25, -0.2) is 4.98 Å². The molecule has 0 radical (unpaired) electrons. The van der Waals surface area contributed by atoms with Gasteiger partial charge in [-0.15, -0.1) is 0 Å². The molecule has 4 rings (SSSR count). The van der Waals surface area contributed by atoms with Gasteiger partial charge >= 0.3 is 6.18 Å². The number of fused-ring (bicyclic) bond motifs is 1. The Morgan fingerprint density at radius 2 is 1.73 bits per heavy atom. The summed E-state index contributed by atoms with van der Waals surface area (Å²) in [5, 5.41) is 4.08. The predicted octanol–water partition coefficient (Wildman–Crippen LogP) is 4.40. The van der Waals surface area contributed by atoms with Crippen LogP contribution in [0.5, 0.6) is 11.5 Å². The number of morpholine rings is 1. The second kappa shape index (κ2) is 9.84. The molecule has 0 amide bonds. The lowest BCUT2D eigenvalue weighted by Crippen LogP contribution is -2.37. The van der Waals surface area contributed by atoms with Crippen LogP contribution in [0, 0.1) is 0 Å². The quantitative estimate of drug-likeness (QED) is 0.563. The highest BCUT2D eigenvalue weighted by molar-refractivity contribution is 5.92. The van der Waals surface area contributed by atoms with Gasteiger partial charge in [0, 0.05) is 37.1 Å². The molecule has 0 atom stereocenters. The first kappa shape index (κ1) is 23.1. The Bertz CT molecular complexity index is 1120. The monoisotopic (exact) mass is 461 g/mol. The molecule has 1 aliphatic heterocycles. The van der Waals surface area contributed by atoms with Crippen LogP contribution in [0.3, 0.4) is 0 Å². The van der Waals surface area contributed by atoms with E-state index >= 15 is 0 Å². The first-order valence-electron chi connectivity index (χ1n) is 10.6. The fourth-order valence-electron chi connectivity index (χ4n) is 3.96. The van der Waals surface area contributed by atoms with E-state index in [9.17, 15) is 13.2 Å². The zero-order valence-corrected chi connectivity index (χ0v) is 18.5. The molecule has 1 saturated heterocycles. The minimum Gasteiger partial charge on any atom is -0.496 e. The van der Waals surface area contributed by atoms with Crippen molar-refractivity contribution in [2.45, 2.75) is 19.3 Å². The van der Waals surface area contributed by atoms with Crippen LogP contribution < -0.4 is 19.7 Å². The highest BCUT2D eigenvalue weighted by Crippen LogP contribution is 2.35. The maximum atomic E-state index is 13.0. The minimum absolute atomic E-state index is 0.291. The lowest BCUT2D eigenvalue weighted by atomic mass is 10.1. The van der Waals surface area contributed by atoms with E-state index in [4.69, 9.17) is 19.2 Å². The molecule has 176 valence electrons. The molecule has 0 saturated carbocycles. The molecule has 9 heteroatoms. The topological polar surface area (TPSA) is 55.9 Å². The summed E-state index contributed by atoms with van der Waals surface area (Å²) in [4.78, 5) is 7.08. The minimum atomic E-state index is -4.36. The number of hydrogen-bond donors (Lipinski definition) is 1. The Kier molecular flexibility index (Phi) is 6.90. The van der Waals surface area contributed by atoms with E-state index in [2.05, 4.69) is 10.2 Å². The molecule has 0 bridgehead atoms. The number of hydrogen-bond acceptors (Lipinski definition) is 6. The molecular weight excluding hydrogens is 435 g/mol. The number of nitrogens with zero attached hydrogens (tertiary/aromatic N) is 2. The number of benzene rings is 2. The molecule has 33 heavy (non-hydrogen) atoms. The number of pyridine rings is 1. The third-order valence-corrected chi connectivity index (χ3v) is 5.61. The normalized spacial score (nSPS) is 14.5. The number of anilines is 1. The van der Waals surface area contributed by atoms with Crippen molar-refractivity contribution in [3.63, 3.8) is 0 Å². The van der Waals surface area contributed by atoms with Crippen molar-refractivity contribution >= 4 is 16.7 Å². The molecule has 0 spiro atoms. The molecular formula is C24H26F3N3O3. The van der Waals surface area contributed by atoms with Crippen LogP contribution in [0.1, 0.15) is 16.7 Å². The summed E-state index contributed by atoms with van der Waals surface area (Å²) in [6.45, 7) is 3.32. The van der Waals surface area contributed by atoms with E-state index in [-0.39, 0.29) is 0 Å². The fourth-order valence-corrected chi connectivity index (χ4v) is 3.96. The molecule has 0 aliphatic carbocycles. The first-order chi connectivity index (χ1) is 15.9. The van der Waals surface area contributed by atoms with Crippen LogP contribution in [0.4, 0.5) is 19.0 Å². The Morgan fingerprint density at radius 3 is 2.42 bits per heavy atom. The number of alkyl halides is 3. The van der Waals surface area contributed by atoms with E-state index in [1.807, 2.05) is 18.2 Å². The van der Waals surface area contributed by atoms with Crippen LogP contribution in [-0.2, 0) is 24.0 Å². The number of rotatable bonds is 7. The summed E-state index contributed by atoms with van der Waals surface area (Å²) in [5.74, 6) is 2.11. The Balaban J connectivity index is 1.65. The van der Waals surface area contributed by atoms with Crippen LogP contribution in [-0.4, -0.2) is 45.5 Å². The smallest absolute Gasteiger partial charge is 0.416 e. The fraction of sp³-hybridized carbons (Fsp3) is 0.375. The van der Waals surface area contributed by atoms with Gasteiger partial charge in [0.25, 0.3) is 0 Å². The second-order valence-corrected chi connectivity index (χ2v) is 7.74. The Labute approximate surface area is 190 Å². The highest BCUT2D eigenvalue weighted by atomic mass is 19.4. The van der Waals surface area contributed by atoms with Crippen molar-refractivity contribution in [3.8, 4) is 11.5 Å². The summed E-state index contributed by atoms with van der Waals surface area (Å²) < 4.78 is 55.6. The Hall–Kier alpha value is -3.04. The number of nitrogens with one attached hydrogen (secondary N) is 1. The highest BCUT2D eigenvalue weighted by Gasteiger charge is 2.30. The van der Waals surface area contributed by atoms with Gasteiger partial charge in [0.1, 0.15) is 22.8 Å². The first-order valence-corrected chi connectivity index (χ1v) is 10.6. The van der Waals surface area contributed by atoms with Gasteiger partial charge in [0.15, 0.2) is 0 Å². The maximum Gasteiger partial charge on any atom is 0.416 e. The molecule has 1 aliphatic rings. The molecule has 1 aromatic heterocycles. The predicted molar refractivity (Wildman–Crippen MR) is 120 cm³/mol. The average Bonchev–Trinajstić information content (AvgIpc) is 2.83.